The number of hydrogen-bond acceptors (Lipinski definition) is 5. The number of nitrogens with zero attached hydrogens (tertiary/aromatic N) is 2. The average molecular weight is 364 g/mol. The molecule has 6 heteroatoms. The van der Waals surface area contributed by atoms with Crippen molar-refractivity contribution in [2.75, 3.05) is 17.6 Å². The van der Waals surface area contributed by atoms with Gasteiger partial charge in [0.15, 0.2) is 5.16 Å². The van der Waals surface area contributed by atoms with Crippen LogP contribution in [0.1, 0.15) is 42.7 Å². The summed E-state index contributed by atoms with van der Waals surface area (Å²) in [4.78, 5) is 9.35. The molecule has 1 heterocycles. The summed E-state index contributed by atoms with van der Waals surface area (Å²) >= 11 is 7.82. The number of halogens is 1. The van der Waals surface area contributed by atoms with Gasteiger partial charge in [0.05, 0.1) is 11.8 Å². The predicted molar refractivity (Wildman–Crippen MR) is 100.0 cm³/mol. The van der Waals surface area contributed by atoms with E-state index in [1.165, 1.54) is 18.4 Å². The quantitative estimate of drug-likeness (QED) is 0.593. The highest BCUT2D eigenvalue weighted by Crippen LogP contribution is 2.29. The van der Waals surface area contributed by atoms with Gasteiger partial charge in [-0.1, -0.05) is 48.5 Å². The fraction of sp³-hybridized carbons (Fsp3) is 0.444. The second-order valence-corrected chi connectivity index (χ2v) is 7.48. The largest absolute Gasteiger partial charge is 0.387 e. The molecule has 1 aliphatic carbocycles. The summed E-state index contributed by atoms with van der Waals surface area (Å²) in [7, 11) is 0. The number of rotatable bonds is 6. The molecular weight excluding hydrogens is 342 g/mol. The Morgan fingerprint density at radius 3 is 2.83 bits per heavy atom. The highest BCUT2D eigenvalue weighted by molar-refractivity contribution is 7.99. The number of nitrogens with one attached hydrogen (secondary N) is 1. The van der Waals surface area contributed by atoms with Crippen LogP contribution in [-0.2, 0) is 12.8 Å². The molecule has 1 aromatic heterocycles. The highest BCUT2D eigenvalue weighted by Gasteiger charge is 2.19. The highest BCUT2D eigenvalue weighted by atomic mass is 35.5. The molecule has 0 saturated heterocycles. The molecule has 1 aromatic carbocycles. The van der Waals surface area contributed by atoms with Crippen molar-refractivity contribution in [3.63, 3.8) is 0 Å². The molecule has 0 spiro atoms. The van der Waals surface area contributed by atoms with Crippen molar-refractivity contribution < 1.29 is 5.11 Å². The van der Waals surface area contributed by atoms with E-state index in [2.05, 4.69) is 17.2 Å². The van der Waals surface area contributed by atoms with E-state index in [0.717, 1.165) is 40.8 Å². The third-order valence-electron chi connectivity index (χ3n) is 4.16. The first-order chi connectivity index (χ1) is 11.7. The molecule has 128 valence electrons. The standard InChI is InChI=1S/C18H22ClN3OS/c1-2-24-18-21-15-10-6-4-8-13(15)17(22-18)20-11-16(23)12-7-3-5-9-14(12)19/h3,5,7,9,16,23H,2,4,6,8,10-11H2,1H3,(H,20,21,22). The molecule has 0 radical (unpaired) electrons. The van der Waals surface area contributed by atoms with Crippen molar-refractivity contribution in [2.45, 2.75) is 43.9 Å². The second kappa shape index (κ2) is 8.19. The van der Waals surface area contributed by atoms with E-state index in [1.54, 1.807) is 17.8 Å². The number of thioether (sulfide) groups is 1. The number of hydrogen-bond donors (Lipinski definition) is 2. The monoisotopic (exact) mass is 363 g/mol. The first kappa shape index (κ1) is 17.5. The van der Waals surface area contributed by atoms with Gasteiger partial charge in [0.2, 0.25) is 0 Å². The van der Waals surface area contributed by atoms with E-state index in [4.69, 9.17) is 16.6 Å². The van der Waals surface area contributed by atoms with Gasteiger partial charge < -0.3 is 10.4 Å². The molecule has 24 heavy (non-hydrogen) atoms. The molecule has 0 bridgehead atoms. The van der Waals surface area contributed by atoms with Crippen molar-refractivity contribution in [3.05, 3.63) is 46.1 Å². The van der Waals surface area contributed by atoms with Crippen LogP contribution in [0.5, 0.6) is 0 Å². The van der Waals surface area contributed by atoms with Crippen LogP contribution >= 0.6 is 23.4 Å². The summed E-state index contributed by atoms with van der Waals surface area (Å²) in [5.41, 5.74) is 3.09. The van der Waals surface area contributed by atoms with Crippen LogP contribution in [0.25, 0.3) is 0 Å². The van der Waals surface area contributed by atoms with Gasteiger partial charge in [-0.05, 0) is 37.5 Å². The van der Waals surface area contributed by atoms with Crippen LogP contribution in [0.2, 0.25) is 5.02 Å². The minimum absolute atomic E-state index is 0.378. The number of aliphatic hydroxyl groups excluding tert-OH is 1. The zero-order valence-electron chi connectivity index (χ0n) is 13.8. The number of aliphatic hydroxyl groups is 1. The molecule has 0 saturated carbocycles. The second-order valence-electron chi connectivity index (χ2n) is 5.84. The first-order valence-corrected chi connectivity index (χ1v) is 9.74. The third-order valence-corrected chi connectivity index (χ3v) is 5.24. The fourth-order valence-electron chi connectivity index (χ4n) is 2.96. The fourth-order valence-corrected chi connectivity index (χ4v) is 3.81. The van der Waals surface area contributed by atoms with Gasteiger partial charge in [-0.3, -0.25) is 0 Å². The first-order valence-electron chi connectivity index (χ1n) is 8.38. The Kier molecular flexibility index (Phi) is 5.98. The maximum Gasteiger partial charge on any atom is 0.189 e. The molecule has 0 amide bonds. The van der Waals surface area contributed by atoms with E-state index in [0.29, 0.717) is 11.6 Å². The van der Waals surface area contributed by atoms with Crippen LogP contribution < -0.4 is 5.32 Å². The SMILES string of the molecule is CCSc1nc2c(c(NCC(O)c3ccccc3Cl)n1)CCCC2. The number of aromatic nitrogens is 2. The van der Waals surface area contributed by atoms with Gasteiger partial charge in [-0.25, -0.2) is 9.97 Å². The Balaban J connectivity index is 1.79. The van der Waals surface area contributed by atoms with Crippen molar-refractivity contribution >= 4 is 29.2 Å². The van der Waals surface area contributed by atoms with Crippen LogP contribution in [-0.4, -0.2) is 27.4 Å². The zero-order valence-corrected chi connectivity index (χ0v) is 15.3. The summed E-state index contributed by atoms with van der Waals surface area (Å²) in [6.07, 6.45) is 3.68. The Morgan fingerprint density at radius 2 is 2.04 bits per heavy atom. The lowest BCUT2D eigenvalue weighted by Crippen LogP contribution is -2.18. The van der Waals surface area contributed by atoms with Crippen LogP contribution in [0.4, 0.5) is 5.82 Å². The molecule has 3 rings (SSSR count). The lowest BCUT2D eigenvalue weighted by atomic mass is 9.96. The van der Waals surface area contributed by atoms with Gasteiger partial charge >= 0.3 is 0 Å². The van der Waals surface area contributed by atoms with E-state index in [1.807, 2.05) is 18.2 Å². The Morgan fingerprint density at radius 1 is 1.25 bits per heavy atom. The maximum atomic E-state index is 10.4. The predicted octanol–water partition coefficient (Wildman–Crippen LogP) is 4.27. The number of fused-ring (bicyclic) bond motifs is 1. The summed E-state index contributed by atoms with van der Waals surface area (Å²) < 4.78 is 0. The summed E-state index contributed by atoms with van der Waals surface area (Å²) in [5.74, 6) is 1.81. The number of benzene rings is 1. The van der Waals surface area contributed by atoms with E-state index < -0.39 is 6.10 Å². The van der Waals surface area contributed by atoms with E-state index in [-0.39, 0.29) is 0 Å². The van der Waals surface area contributed by atoms with Crippen LogP contribution in [0.15, 0.2) is 29.4 Å². The molecule has 2 aromatic rings. The molecule has 1 unspecified atom stereocenters. The Bertz CT molecular complexity index is 711. The van der Waals surface area contributed by atoms with E-state index >= 15 is 0 Å². The third kappa shape index (κ3) is 4.02. The molecule has 1 atom stereocenters. The minimum atomic E-state index is -0.671. The molecule has 1 aliphatic rings. The summed E-state index contributed by atoms with van der Waals surface area (Å²) in [5, 5.41) is 15.2. The van der Waals surface area contributed by atoms with Crippen LogP contribution in [0.3, 0.4) is 0 Å². The molecule has 4 nitrogen and oxygen atoms in total. The smallest absolute Gasteiger partial charge is 0.189 e. The minimum Gasteiger partial charge on any atom is -0.387 e. The summed E-state index contributed by atoms with van der Waals surface area (Å²) in [6, 6.07) is 7.39. The summed E-state index contributed by atoms with van der Waals surface area (Å²) in [6.45, 7) is 2.48. The van der Waals surface area contributed by atoms with Crippen molar-refractivity contribution in [2.24, 2.45) is 0 Å². The number of anilines is 1. The van der Waals surface area contributed by atoms with Crippen molar-refractivity contribution in [1.29, 1.82) is 0 Å². The lowest BCUT2D eigenvalue weighted by molar-refractivity contribution is 0.191. The van der Waals surface area contributed by atoms with Crippen LogP contribution in [0, 0.1) is 0 Å². The number of aryl methyl sites for hydroxylation is 1. The van der Waals surface area contributed by atoms with Gasteiger partial charge in [0.1, 0.15) is 5.82 Å². The zero-order chi connectivity index (χ0) is 16.9. The van der Waals surface area contributed by atoms with E-state index in [9.17, 15) is 5.11 Å². The topological polar surface area (TPSA) is 58.0 Å². The molecule has 2 N–H and O–H groups in total. The molecule has 0 fully saturated rings. The van der Waals surface area contributed by atoms with Crippen molar-refractivity contribution in [1.82, 2.24) is 9.97 Å². The van der Waals surface area contributed by atoms with Gasteiger partial charge in [0.25, 0.3) is 0 Å². The Labute approximate surface area is 152 Å². The Hall–Kier alpha value is -1.30. The maximum absolute atomic E-state index is 10.4. The molecule has 0 aliphatic heterocycles. The van der Waals surface area contributed by atoms with Gasteiger partial charge in [0, 0.05) is 22.7 Å². The van der Waals surface area contributed by atoms with Gasteiger partial charge in [-0.2, -0.15) is 0 Å². The lowest BCUT2D eigenvalue weighted by Gasteiger charge is -2.21. The van der Waals surface area contributed by atoms with Crippen molar-refractivity contribution in [3.8, 4) is 0 Å². The van der Waals surface area contributed by atoms with Gasteiger partial charge in [-0.15, -0.1) is 0 Å². The normalized spacial score (nSPS) is 15.0. The average Bonchev–Trinajstić information content (AvgIpc) is 2.60. The molecular formula is C18H22ClN3OS.